The molecule has 0 bridgehead atoms. The Labute approximate surface area is 121 Å². The molecule has 19 heavy (non-hydrogen) atoms. The predicted molar refractivity (Wildman–Crippen MR) is 78.3 cm³/mol. The quantitative estimate of drug-likeness (QED) is 0.721. The maximum Gasteiger partial charge on any atom is 0.242 e. The SMILES string of the molecule is CC(NC(=O)C1(C)CCNC1)C(=O)NC(C)(C)C.Cl. The molecule has 5 nitrogen and oxygen atoms in total. The lowest BCUT2D eigenvalue weighted by Gasteiger charge is -2.27. The van der Waals surface area contributed by atoms with Crippen molar-refractivity contribution in [1.29, 1.82) is 0 Å². The summed E-state index contributed by atoms with van der Waals surface area (Å²) in [4.78, 5) is 24.0. The number of carbonyl (C=O) groups excluding carboxylic acids is 2. The van der Waals surface area contributed by atoms with Gasteiger partial charge in [0.25, 0.3) is 0 Å². The van der Waals surface area contributed by atoms with Gasteiger partial charge in [0, 0.05) is 12.1 Å². The maximum atomic E-state index is 12.1. The van der Waals surface area contributed by atoms with Gasteiger partial charge in [-0.2, -0.15) is 0 Å². The Balaban J connectivity index is 0.00000324. The van der Waals surface area contributed by atoms with Gasteiger partial charge in [-0.25, -0.2) is 0 Å². The second kappa shape index (κ2) is 6.57. The Hall–Kier alpha value is -0.810. The zero-order chi connectivity index (χ0) is 14.0. The van der Waals surface area contributed by atoms with Crippen LogP contribution in [0.5, 0.6) is 0 Å². The topological polar surface area (TPSA) is 70.2 Å². The van der Waals surface area contributed by atoms with E-state index in [4.69, 9.17) is 0 Å². The fourth-order valence-corrected chi connectivity index (χ4v) is 1.93. The molecule has 1 rings (SSSR count). The highest BCUT2D eigenvalue weighted by Crippen LogP contribution is 2.24. The minimum Gasteiger partial charge on any atom is -0.350 e. The van der Waals surface area contributed by atoms with Crippen LogP contribution in [0.15, 0.2) is 0 Å². The van der Waals surface area contributed by atoms with Gasteiger partial charge in [-0.1, -0.05) is 0 Å². The van der Waals surface area contributed by atoms with E-state index in [-0.39, 0.29) is 29.8 Å². The van der Waals surface area contributed by atoms with E-state index in [0.717, 1.165) is 13.0 Å². The number of nitrogens with one attached hydrogen (secondary N) is 3. The standard InChI is InChI=1S/C13H25N3O2.ClH/c1-9(10(17)16-12(2,3)4)15-11(18)13(5)6-7-14-8-13;/h9,14H,6-8H2,1-5H3,(H,15,18)(H,16,17);1H. The highest BCUT2D eigenvalue weighted by Gasteiger charge is 2.37. The minimum absolute atomic E-state index is 0. The lowest BCUT2D eigenvalue weighted by Crippen LogP contribution is -2.53. The van der Waals surface area contributed by atoms with Crippen LogP contribution in [0.3, 0.4) is 0 Å². The molecule has 1 aliphatic rings. The van der Waals surface area contributed by atoms with Crippen LogP contribution in [0.25, 0.3) is 0 Å². The molecule has 0 aromatic rings. The van der Waals surface area contributed by atoms with Crippen LogP contribution >= 0.6 is 12.4 Å². The molecule has 2 unspecified atom stereocenters. The van der Waals surface area contributed by atoms with Crippen LogP contribution in [-0.4, -0.2) is 36.5 Å². The zero-order valence-electron chi connectivity index (χ0n) is 12.4. The Kier molecular flexibility index (Phi) is 6.29. The summed E-state index contributed by atoms with van der Waals surface area (Å²) < 4.78 is 0. The van der Waals surface area contributed by atoms with E-state index in [1.807, 2.05) is 27.7 Å². The summed E-state index contributed by atoms with van der Waals surface area (Å²) >= 11 is 0. The Bertz CT molecular complexity index is 333. The second-order valence-corrected chi connectivity index (χ2v) is 6.42. The molecule has 0 aromatic heterocycles. The van der Waals surface area contributed by atoms with E-state index in [1.165, 1.54) is 0 Å². The summed E-state index contributed by atoms with van der Waals surface area (Å²) in [6.45, 7) is 10.9. The molecular formula is C13H26ClN3O2. The van der Waals surface area contributed by atoms with Crippen LogP contribution < -0.4 is 16.0 Å². The highest BCUT2D eigenvalue weighted by molar-refractivity contribution is 5.90. The third-order valence-corrected chi connectivity index (χ3v) is 3.16. The number of rotatable bonds is 3. The van der Waals surface area contributed by atoms with Gasteiger partial charge in [0.2, 0.25) is 11.8 Å². The van der Waals surface area contributed by atoms with Crippen molar-refractivity contribution in [3.63, 3.8) is 0 Å². The number of hydrogen-bond acceptors (Lipinski definition) is 3. The Morgan fingerprint density at radius 1 is 1.32 bits per heavy atom. The average Bonchev–Trinajstić information content (AvgIpc) is 2.63. The van der Waals surface area contributed by atoms with E-state index < -0.39 is 11.5 Å². The van der Waals surface area contributed by atoms with Gasteiger partial charge in [0.15, 0.2) is 0 Å². The molecule has 0 spiro atoms. The van der Waals surface area contributed by atoms with E-state index in [9.17, 15) is 9.59 Å². The van der Waals surface area contributed by atoms with E-state index in [2.05, 4.69) is 16.0 Å². The van der Waals surface area contributed by atoms with E-state index >= 15 is 0 Å². The molecule has 1 heterocycles. The molecule has 1 saturated heterocycles. The molecule has 0 aliphatic carbocycles. The van der Waals surface area contributed by atoms with Crippen molar-refractivity contribution in [1.82, 2.24) is 16.0 Å². The number of hydrogen-bond donors (Lipinski definition) is 3. The zero-order valence-corrected chi connectivity index (χ0v) is 13.2. The van der Waals surface area contributed by atoms with Crippen LogP contribution in [0.2, 0.25) is 0 Å². The largest absolute Gasteiger partial charge is 0.350 e. The molecule has 0 saturated carbocycles. The summed E-state index contributed by atoms with van der Waals surface area (Å²) in [5.74, 6) is -0.200. The lowest BCUT2D eigenvalue weighted by atomic mass is 9.88. The van der Waals surface area contributed by atoms with Crippen molar-refractivity contribution in [3.8, 4) is 0 Å². The summed E-state index contributed by atoms with van der Waals surface area (Å²) in [5, 5.41) is 8.82. The van der Waals surface area contributed by atoms with Gasteiger partial charge in [0.05, 0.1) is 5.41 Å². The van der Waals surface area contributed by atoms with Gasteiger partial charge in [0.1, 0.15) is 6.04 Å². The molecular weight excluding hydrogens is 266 g/mol. The molecule has 112 valence electrons. The molecule has 2 atom stereocenters. The normalized spacial score (nSPS) is 24.3. The molecule has 3 N–H and O–H groups in total. The van der Waals surface area contributed by atoms with Gasteiger partial charge in [-0.15, -0.1) is 12.4 Å². The number of amides is 2. The fraction of sp³-hybridized carbons (Fsp3) is 0.846. The third kappa shape index (κ3) is 5.37. The van der Waals surface area contributed by atoms with Crippen LogP contribution in [0, 0.1) is 5.41 Å². The Morgan fingerprint density at radius 3 is 2.32 bits per heavy atom. The average molecular weight is 292 g/mol. The van der Waals surface area contributed by atoms with Crippen molar-refractivity contribution in [2.75, 3.05) is 13.1 Å². The summed E-state index contributed by atoms with van der Waals surface area (Å²) in [5.41, 5.74) is -0.675. The van der Waals surface area contributed by atoms with E-state index in [0.29, 0.717) is 6.54 Å². The Morgan fingerprint density at radius 2 is 1.89 bits per heavy atom. The van der Waals surface area contributed by atoms with Crippen molar-refractivity contribution in [3.05, 3.63) is 0 Å². The van der Waals surface area contributed by atoms with Crippen molar-refractivity contribution in [2.24, 2.45) is 5.41 Å². The monoisotopic (exact) mass is 291 g/mol. The molecule has 6 heteroatoms. The number of carbonyl (C=O) groups is 2. The smallest absolute Gasteiger partial charge is 0.242 e. The predicted octanol–water partition coefficient (Wildman–Crippen LogP) is 0.827. The first kappa shape index (κ1) is 18.2. The van der Waals surface area contributed by atoms with Crippen LogP contribution in [0.4, 0.5) is 0 Å². The molecule has 1 aliphatic heterocycles. The number of halogens is 1. The summed E-state index contributed by atoms with van der Waals surface area (Å²) in [6.07, 6.45) is 0.812. The van der Waals surface area contributed by atoms with Crippen molar-refractivity contribution in [2.45, 2.75) is 52.6 Å². The first-order chi connectivity index (χ1) is 8.14. The maximum absolute atomic E-state index is 12.1. The van der Waals surface area contributed by atoms with Gasteiger partial charge in [-0.05, 0) is 47.6 Å². The minimum atomic E-state index is -0.505. The highest BCUT2D eigenvalue weighted by atomic mass is 35.5. The van der Waals surface area contributed by atoms with Gasteiger partial charge < -0.3 is 16.0 Å². The first-order valence-corrected chi connectivity index (χ1v) is 6.48. The molecule has 0 radical (unpaired) electrons. The van der Waals surface area contributed by atoms with Crippen LogP contribution in [-0.2, 0) is 9.59 Å². The van der Waals surface area contributed by atoms with E-state index in [1.54, 1.807) is 6.92 Å². The molecule has 2 amide bonds. The lowest BCUT2D eigenvalue weighted by molar-refractivity contribution is -0.134. The fourth-order valence-electron chi connectivity index (χ4n) is 1.93. The molecule has 0 aromatic carbocycles. The molecule has 1 fully saturated rings. The summed E-state index contributed by atoms with van der Waals surface area (Å²) in [6, 6.07) is -0.505. The van der Waals surface area contributed by atoms with Gasteiger partial charge in [-0.3, -0.25) is 9.59 Å². The second-order valence-electron chi connectivity index (χ2n) is 6.42. The van der Waals surface area contributed by atoms with Crippen LogP contribution in [0.1, 0.15) is 41.0 Å². The first-order valence-electron chi connectivity index (χ1n) is 6.48. The summed E-state index contributed by atoms with van der Waals surface area (Å²) in [7, 11) is 0. The van der Waals surface area contributed by atoms with Gasteiger partial charge >= 0.3 is 0 Å². The van der Waals surface area contributed by atoms with Crippen molar-refractivity contribution >= 4 is 24.2 Å². The van der Waals surface area contributed by atoms with Crippen molar-refractivity contribution < 1.29 is 9.59 Å². The third-order valence-electron chi connectivity index (χ3n) is 3.16.